The Labute approximate surface area is 112 Å². The van der Waals surface area contributed by atoms with Crippen molar-refractivity contribution in [2.75, 3.05) is 13.2 Å². The van der Waals surface area contributed by atoms with Gasteiger partial charge in [0.25, 0.3) is 0 Å². The predicted octanol–water partition coefficient (Wildman–Crippen LogP) is 2.57. The molecular weight excluding hydrogens is 244 g/mol. The Morgan fingerprint density at radius 3 is 3.00 bits per heavy atom. The first-order valence-corrected chi connectivity index (χ1v) is 6.31. The van der Waals surface area contributed by atoms with Crippen LogP contribution in [0.2, 0.25) is 0 Å². The summed E-state index contributed by atoms with van der Waals surface area (Å²) < 4.78 is 10.8. The van der Waals surface area contributed by atoms with E-state index in [0.29, 0.717) is 6.61 Å². The molecule has 102 valence electrons. The first-order chi connectivity index (χ1) is 9.06. The molecule has 0 radical (unpaired) electrons. The molecule has 1 aliphatic rings. The number of hydrogen-bond acceptors (Lipinski definition) is 3. The third kappa shape index (κ3) is 4.19. The summed E-state index contributed by atoms with van der Waals surface area (Å²) in [4.78, 5) is 10.6. The maximum Gasteiger partial charge on any atom is 0.328 e. The molecule has 2 rings (SSSR count). The number of benzene rings is 1. The molecule has 0 saturated carbocycles. The maximum absolute atomic E-state index is 10.6. The van der Waals surface area contributed by atoms with E-state index in [1.807, 2.05) is 32.0 Å². The molecule has 2 atom stereocenters. The monoisotopic (exact) mass is 262 g/mol. The molecule has 4 nitrogen and oxygen atoms in total. The highest BCUT2D eigenvalue weighted by molar-refractivity contribution is 5.85. The topological polar surface area (TPSA) is 59.1 Å². The number of carboxylic acids is 1. The number of aryl methyl sites for hydroxylation is 1. The average Bonchev–Trinajstić information content (AvgIpc) is 3.17. The molecule has 0 aliphatic carbocycles. The third-order valence-corrected chi connectivity index (χ3v) is 3.02. The van der Waals surface area contributed by atoms with Crippen molar-refractivity contribution in [1.82, 2.24) is 0 Å². The molecule has 0 unspecified atom stereocenters. The van der Waals surface area contributed by atoms with Crippen molar-refractivity contribution in [3.8, 4) is 0 Å². The van der Waals surface area contributed by atoms with E-state index >= 15 is 0 Å². The zero-order chi connectivity index (χ0) is 13.8. The summed E-state index contributed by atoms with van der Waals surface area (Å²) >= 11 is 0. The molecule has 1 aliphatic heterocycles. The smallest absolute Gasteiger partial charge is 0.328 e. The molecule has 1 aromatic carbocycles. The fraction of sp³-hybridized carbons (Fsp3) is 0.400. The lowest BCUT2D eigenvalue weighted by Gasteiger charge is -2.16. The van der Waals surface area contributed by atoms with E-state index in [9.17, 15) is 4.79 Å². The van der Waals surface area contributed by atoms with Gasteiger partial charge in [0.15, 0.2) is 0 Å². The molecule has 1 heterocycles. The minimum Gasteiger partial charge on any atom is -0.478 e. The van der Waals surface area contributed by atoms with Crippen LogP contribution in [-0.2, 0) is 14.3 Å². The molecule has 19 heavy (non-hydrogen) atoms. The highest BCUT2D eigenvalue weighted by Crippen LogP contribution is 2.25. The lowest BCUT2D eigenvalue weighted by Crippen LogP contribution is -2.07. The van der Waals surface area contributed by atoms with Crippen LogP contribution in [0, 0.1) is 6.92 Å². The third-order valence-electron chi connectivity index (χ3n) is 3.02. The molecule has 1 saturated heterocycles. The van der Waals surface area contributed by atoms with Crippen LogP contribution in [0.3, 0.4) is 0 Å². The predicted molar refractivity (Wildman–Crippen MR) is 72.0 cm³/mol. The van der Waals surface area contributed by atoms with E-state index in [0.717, 1.165) is 29.4 Å². The quantitative estimate of drug-likeness (QED) is 0.632. The second-order valence-corrected chi connectivity index (χ2v) is 4.73. The van der Waals surface area contributed by atoms with E-state index in [-0.39, 0.29) is 12.2 Å². The van der Waals surface area contributed by atoms with Gasteiger partial charge >= 0.3 is 5.97 Å². The number of rotatable bonds is 6. The lowest BCUT2D eigenvalue weighted by atomic mass is 10.00. The van der Waals surface area contributed by atoms with Gasteiger partial charge in [-0.1, -0.05) is 23.8 Å². The van der Waals surface area contributed by atoms with Crippen LogP contribution in [0.5, 0.6) is 0 Å². The summed E-state index contributed by atoms with van der Waals surface area (Å²) in [6, 6.07) is 5.94. The normalized spacial score (nSPS) is 19.6. The van der Waals surface area contributed by atoms with Crippen molar-refractivity contribution in [1.29, 1.82) is 0 Å². The molecule has 0 aromatic heterocycles. The van der Waals surface area contributed by atoms with Crippen molar-refractivity contribution in [2.45, 2.75) is 26.1 Å². The Bertz CT molecular complexity index is 489. The molecule has 4 heteroatoms. The van der Waals surface area contributed by atoms with Crippen molar-refractivity contribution < 1.29 is 19.4 Å². The Balaban J connectivity index is 2.14. The minimum absolute atomic E-state index is 0.0850. The Hall–Kier alpha value is -1.65. The van der Waals surface area contributed by atoms with E-state index in [1.54, 1.807) is 6.08 Å². The average molecular weight is 262 g/mol. The van der Waals surface area contributed by atoms with E-state index in [4.69, 9.17) is 14.6 Å². The van der Waals surface area contributed by atoms with Gasteiger partial charge < -0.3 is 14.6 Å². The van der Waals surface area contributed by atoms with Gasteiger partial charge in [-0.2, -0.15) is 0 Å². The van der Waals surface area contributed by atoms with Crippen LogP contribution in [0.25, 0.3) is 6.08 Å². The molecule has 1 aromatic rings. The zero-order valence-corrected chi connectivity index (χ0v) is 11.1. The lowest BCUT2D eigenvalue weighted by molar-refractivity contribution is -0.131. The van der Waals surface area contributed by atoms with Gasteiger partial charge in [0.2, 0.25) is 0 Å². The standard InChI is InChI=1S/C15H18O4/c1-10-3-5-14(11(2)18-8-13-9-19-13)12(7-10)4-6-15(16)17/h3-7,11,13H,8-9H2,1-2H3,(H,16,17)/t11-,13+/m1/s1. The summed E-state index contributed by atoms with van der Waals surface area (Å²) in [6.07, 6.45) is 2.90. The van der Waals surface area contributed by atoms with Crippen LogP contribution in [0.15, 0.2) is 24.3 Å². The Morgan fingerprint density at radius 1 is 1.63 bits per heavy atom. The van der Waals surface area contributed by atoms with E-state index in [2.05, 4.69) is 0 Å². The SMILES string of the molecule is Cc1ccc([C@@H](C)OC[C@H]2CO2)c(C=CC(=O)O)c1. The molecule has 1 N–H and O–H groups in total. The van der Waals surface area contributed by atoms with Gasteiger partial charge in [-0.25, -0.2) is 4.79 Å². The van der Waals surface area contributed by atoms with Gasteiger partial charge in [0.05, 0.1) is 19.3 Å². The first kappa shape index (κ1) is 13.8. The number of epoxide rings is 1. The summed E-state index contributed by atoms with van der Waals surface area (Å²) in [6.45, 7) is 5.29. The van der Waals surface area contributed by atoms with Crippen molar-refractivity contribution >= 4 is 12.0 Å². The van der Waals surface area contributed by atoms with Crippen LogP contribution in [0.4, 0.5) is 0 Å². The maximum atomic E-state index is 10.6. The van der Waals surface area contributed by atoms with Gasteiger partial charge in [-0.15, -0.1) is 0 Å². The molecular formula is C15H18O4. The van der Waals surface area contributed by atoms with E-state index in [1.165, 1.54) is 0 Å². The van der Waals surface area contributed by atoms with Crippen LogP contribution in [0.1, 0.15) is 29.7 Å². The molecule has 0 spiro atoms. The highest BCUT2D eigenvalue weighted by atomic mass is 16.6. The fourth-order valence-electron chi connectivity index (χ4n) is 1.88. The minimum atomic E-state index is -0.951. The van der Waals surface area contributed by atoms with Crippen molar-refractivity contribution in [3.05, 3.63) is 41.0 Å². The van der Waals surface area contributed by atoms with E-state index < -0.39 is 5.97 Å². The summed E-state index contributed by atoms with van der Waals surface area (Å²) in [5.74, 6) is -0.951. The van der Waals surface area contributed by atoms with Crippen LogP contribution in [-0.4, -0.2) is 30.4 Å². The van der Waals surface area contributed by atoms with Gasteiger partial charge in [0, 0.05) is 6.08 Å². The van der Waals surface area contributed by atoms with Crippen molar-refractivity contribution in [3.63, 3.8) is 0 Å². The number of aliphatic carboxylic acids is 1. The summed E-state index contributed by atoms with van der Waals surface area (Å²) in [5.41, 5.74) is 2.96. The fourth-order valence-corrected chi connectivity index (χ4v) is 1.88. The zero-order valence-electron chi connectivity index (χ0n) is 11.1. The Morgan fingerprint density at radius 2 is 2.37 bits per heavy atom. The number of carboxylic acid groups (broad SMARTS) is 1. The van der Waals surface area contributed by atoms with Gasteiger partial charge in [-0.3, -0.25) is 0 Å². The van der Waals surface area contributed by atoms with Crippen LogP contribution >= 0.6 is 0 Å². The first-order valence-electron chi connectivity index (χ1n) is 6.31. The van der Waals surface area contributed by atoms with Gasteiger partial charge in [-0.05, 0) is 31.1 Å². The summed E-state index contributed by atoms with van der Waals surface area (Å²) in [7, 11) is 0. The van der Waals surface area contributed by atoms with Gasteiger partial charge in [0.1, 0.15) is 6.10 Å². The number of carbonyl (C=O) groups is 1. The second-order valence-electron chi connectivity index (χ2n) is 4.73. The molecule has 0 amide bonds. The summed E-state index contributed by atoms with van der Waals surface area (Å²) in [5, 5.41) is 8.72. The molecule has 0 bridgehead atoms. The Kier molecular flexibility index (Phi) is 4.35. The second kappa shape index (κ2) is 5.99. The number of hydrogen-bond donors (Lipinski definition) is 1. The molecule has 1 fully saturated rings. The van der Waals surface area contributed by atoms with Crippen molar-refractivity contribution in [2.24, 2.45) is 0 Å². The van der Waals surface area contributed by atoms with Crippen LogP contribution < -0.4 is 0 Å². The largest absolute Gasteiger partial charge is 0.478 e. The highest BCUT2D eigenvalue weighted by Gasteiger charge is 2.24. The number of ether oxygens (including phenoxy) is 2.